The summed E-state index contributed by atoms with van der Waals surface area (Å²) in [4.78, 5) is 23.3. The number of carbonyl (C=O) groups excluding carboxylic acids is 1. The van der Waals surface area contributed by atoms with E-state index in [1.165, 1.54) is 11.6 Å². The zero-order chi connectivity index (χ0) is 20.6. The summed E-state index contributed by atoms with van der Waals surface area (Å²) in [5.74, 6) is 2.96. The van der Waals surface area contributed by atoms with E-state index in [-0.39, 0.29) is 11.3 Å². The van der Waals surface area contributed by atoms with Gasteiger partial charge in [-0.1, -0.05) is 25.8 Å². The second kappa shape index (κ2) is 6.54. The number of rotatable bonds is 4. The second-order valence-corrected chi connectivity index (χ2v) is 10.5. The summed E-state index contributed by atoms with van der Waals surface area (Å²) >= 11 is 0. The molecule has 0 radical (unpaired) electrons. The minimum atomic E-state index is -0.975. The SMILES string of the molecule is CC[C@@H]1CC2=CC(=O)CC[C@@H]2[C@H]2CC[C@@]3(CC)[C@@H]([C@H]4C[C@H]4[C@@]3(O)/C=C\C(=O)O)[C@H]12. The smallest absolute Gasteiger partial charge is 0.328 e. The summed E-state index contributed by atoms with van der Waals surface area (Å²) < 4.78 is 0. The topological polar surface area (TPSA) is 74.6 Å². The van der Waals surface area contributed by atoms with Crippen molar-refractivity contribution in [2.24, 2.45) is 46.8 Å². The van der Waals surface area contributed by atoms with Gasteiger partial charge < -0.3 is 10.2 Å². The lowest BCUT2D eigenvalue weighted by molar-refractivity contribution is -0.140. The van der Waals surface area contributed by atoms with Gasteiger partial charge in [-0.25, -0.2) is 4.79 Å². The molecule has 158 valence electrons. The van der Waals surface area contributed by atoms with Crippen LogP contribution in [0.2, 0.25) is 0 Å². The van der Waals surface area contributed by atoms with E-state index in [1.54, 1.807) is 6.08 Å². The fourth-order valence-corrected chi connectivity index (χ4v) is 8.79. The number of allylic oxidation sites excluding steroid dienone is 1. The van der Waals surface area contributed by atoms with Crippen LogP contribution in [0.15, 0.2) is 23.8 Å². The van der Waals surface area contributed by atoms with Gasteiger partial charge >= 0.3 is 5.97 Å². The van der Waals surface area contributed by atoms with Crippen molar-refractivity contribution in [2.75, 3.05) is 0 Å². The van der Waals surface area contributed by atoms with E-state index in [1.807, 2.05) is 6.08 Å². The van der Waals surface area contributed by atoms with E-state index >= 15 is 0 Å². The monoisotopic (exact) mass is 398 g/mol. The average Bonchev–Trinajstić information content (AvgIpc) is 3.47. The van der Waals surface area contributed by atoms with Gasteiger partial charge in [0.1, 0.15) is 0 Å². The molecule has 0 unspecified atom stereocenters. The Kier molecular flexibility index (Phi) is 4.40. The summed E-state index contributed by atoms with van der Waals surface area (Å²) in [5, 5.41) is 21.1. The highest BCUT2D eigenvalue weighted by Crippen LogP contribution is 2.77. The van der Waals surface area contributed by atoms with Gasteiger partial charge in [-0.2, -0.15) is 0 Å². The Hall–Kier alpha value is -1.42. The van der Waals surface area contributed by atoms with Gasteiger partial charge in [-0.15, -0.1) is 0 Å². The third kappa shape index (κ3) is 2.54. The number of carboxylic acids is 1. The molecule has 2 N–H and O–H groups in total. The molecular formula is C25H34O4. The van der Waals surface area contributed by atoms with E-state index in [0.29, 0.717) is 47.7 Å². The third-order valence-electron chi connectivity index (χ3n) is 9.85. The zero-order valence-electron chi connectivity index (χ0n) is 17.6. The minimum absolute atomic E-state index is 0.188. The molecule has 0 spiro atoms. The van der Waals surface area contributed by atoms with Gasteiger partial charge in [-0.3, -0.25) is 4.79 Å². The Bertz CT molecular complexity index is 797. The highest BCUT2D eigenvalue weighted by atomic mass is 16.4. The van der Waals surface area contributed by atoms with Gasteiger partial charge in [0.05, 0.1) is 5.60 Å². The minimum Gasteiger partial charge on any atom is -0.478 e. The Morgan fingerprint density at radius 1 is 1.28 bits per heavy atom. The first kappa shape index (κ1) is 19.5. The van der Waals surface area contributed by atoms with Crippen LogP contribution in [-0.2, 0) is 9.59 Å². The summed E-state index contributed by atoms with van der Waals surface area (Å²) in [6.07, 6.45) is 12.7. The summed E-state index contributed by atoms with van der Waals surface area (Å²) in [5.41, 5.74) is 0.245. The molecule has 4 fully saturated rings. The van der Waals surface area contributed by atoms with E-state index < -0.39 is 11.6 Å². The maximum absolute atomic E-state index is 12.1. The number of ketones is 1. The first-order valence-electron chi connectivity index (χ1n) is 11.7. The molecule has 29 heavy (non-hydrogen) atoms. The number of hydrogen-bond donors (Lipinski definition) is 2. The Morgan fingerprint density at radius 2 is 2.07 bits per heavy atom. The van der Waals surface area contributed by atoms with Crippen molar-refractivity contribution >= 4 is 11.8 Å². The first-order chi connectivity index (χ1) is 13.9. The maximum atomic E-state index is 12.1. The molecule has 4 nitrogen and oxygen atoms in total. The zero-order valence-corrected chi connectivity index (χ0v) is 17.6. The number of aliphatic carboxylic acids is 1. The van der Waals surface area contributed by atoms with Gasteiger partial charge in [0, 0.05) is 17.9 Å². The molecule has 0 bridgehead atoms. The number of aliphatic hydroxyl groups is 1. The lowest BCUT2D eigenvalue weighted by Gasteiger charge is -2.60. The molecule has 4 heteroatoms. The van der Waals surface area contributed by atoms with Crippen molar-refractivity contribution in [2.45, 2.75) is 70.8 Å². The van der Waals surface area contributed by atoms with Crippen molar-refractivity contribution in [3.63, 3.8) is 0 Å². The fraction of sp³-hybridized carbons (Fsp3) is 0.760. The molecule has 4 saturated carbocycles. The van der Waals surface area contributed by atoms with Crippen molar-refractivity contribution < 1.29 is 19.8 Å². The molecule has 0 aromatic heterocycles. The highest BCUT2D eigenvalue weighted by molar-refractivity contribution is 5.91. The average molecular weight is 399 g/mol. The molecule has 5 rings (SSSR count). The van der Waals surface area contributed by atoms with Crippen molar-refractivity contribution in [3.8, 4) is 0 Å². The molecule has 0 aliphatic heterocycles. The number of hydrogen-bond acceptors (Lipinski definition) is 3. The van der Waals surface area contributed by atoms with E-state index in [0.717, 1.165) is 44.9 Å². The van der Waals surface area contributed by atoms with Gasteiger partial charge in [0.25, 0.3) is 0 Å². The lowest BCUT2D eigenvalue weighted by Crippen LogP contribution is -2.57. The van der Waals surface area contributed by atoms with Gasteiger partial charge in [0.15, 0.2) is 5.78 Å². The Morgan fingerprint density at radius 3 is 2.76 bits per heavy atom. The molecule has 0 aromatic carbocycles. The summed E-state index contributed by atoms with van der Waals surface area (Å²) in [6, 6.07) is 0. The Balaban J connectivity index is 1.56. The van der Waals surface area contributed by atoms with Crippen molar-refractivity contribution in [3.05, 3.63) is 23.8 Å². The third-order valence-corrected chi connectivity index (χ3v) is 9.85. The van der Waals surface area contributed by atoms with E-state index in [9.17, 15) is 19.8 Å². The molecule has 0 saturated heterocycles. The molecule has 0 aromatic rings. The molecule has 9 atom stereocenters. The molecular weight excluding hydrogens is 364 g/mol. The fourth-order valence-electron chi connectivity index (χ4n) is 8.79. The van der Waals surface area contributed by atoms with Crippen LogP contribution in [0, 0.1) is 46.8 Å². The molecule has 0 heterocycles. The number of fused-ring (bicyclic) bond motifs is 7. The maximum Gasteiger partial charge on any atom is 0.328 e. The van der Waals surface area contributed by atoms with Crippen molar-refractivity contribution in [1.29, 1.82) is 0 Å². The normalized spacial score (nSPS) is 50.4. The van der Waals surface area contributed by atoms with Crippen LogP contribution in [-0.4, -0.2) is 27.6 Å². The number of carbonyl (C=O) groups is 2. The van der Waals surface area contributed by atoms with Crippen LogP contribution in [0.25, 0.3) is 0 Å². The predicted octanol–water partition coefficient (Wildman–Crippen LogP) is 4.38. The van der Waals surface area contributed by atoms with Crippen LogP contribution in [0.4, 0.5) is 0 Å². The Labute approximate surface area is 173 Å². The van der Waals surface area contributed by atoms with Crippen LogP contribution in [0.3, 0.4) is 0 Å². The molecule has 0 amide bonds. The van der Waals surface area contributed by atoms with E-state index in [2.05, 4.69) is 13.8 Å². The molecule has 5 aliphatic rings. The van der Waals surface area contributed by atoms with Crippen LogP contribution in [0.1, 0.15) is 65.2 Å². The first-order valence-corrected chi connectivity index (χ1v) is 11.7. The quantitative estimate of drug-likeness (QED) is 0.689. The predicted molar refractivity (Wildman–Crippen MR) is 110 cm³/mol. The highest BCUT2D eigenvalue weighted by Gasteiger charge is 2.76. The summed E-state index contributed by atoms with van der Waals surface area (Å²) in [6.45, 7) is 4.48. The largest absolute Gasteiger partial charge is 0.478 e. The lowest BCUT2D eigenvalue weighted by atomic mass is 9.45. The van der Waals surface area contributed by atoms with Crippen LogP contribution < -0.4 is 0 Å². The second-order valence-electron chi connectivity index (χ2n) is 10.5. The van der Waals surface area contributed by atoms with Gasteiger partial charge in [-0.05, 0) is 92.1 Å². The molecule has 5 aliphatic carbocycles. The van der Waals surface area contributed by atoms with E-state index in [4.69, 9.17) is 0 Å². The van der Waals surface area contributed by atoms with Crippen LogP contribution >= 0.6 is 0 Å². The standard InChI is InChI=1S/C25H34O4/c1-3-14-11-15-12-16(26)5-6-17(15)18-7-9-24(4-2)23(22(14)18)19-13-20(19)25(24,29)10-8-21(27)28/h8,10,12,14,17-20,22-23,29H,3-7,9,11,13H2,1-2H3,(H,27,28)/b10-8-/t14-,17+,18-,19+,20-,22-,23+,24+,25+/m1/s1. The van der Waals surface area contributed by atoms with Crippen molar-refractivity contribution in [1.82, 2.24) is 0 Å². The van der Waals surface area contributed by atoms with Crippen LogP contribution in [0.5, 0.6) is 0 Å². The summed E-state index contributed by atoms with van der Waals surface area (Å²) in [7, 11) is 0. The van der Waals surface area contributed by atoms with Gasteiger partial charge in [0.2, 0.25) is 0 Å². The number of carboxylic acid groups (broad SMARTS) is 1.